The van der Waals surface area contributed by atoms with E-state index in [4.69, 9.17) is 0 Å². The highest BCUT2D eigenvalue weighted by atomic mass is 32.2. The third kappa shape index (κ3) is 2.08. The van der Waals surface area contributed by atoms with Gasteiger partial charge in [0, 0.05) is 25.2 Å². The molecule has 2 aromatic rings. The van der Waals surface area contributed by atoms with Crippen molar-refractivity contribution in [1.29, 1.82) is 0 Å². The molecule has 72 valence electrons. The number of pyridine rings is 1. The number of hydrogen-bond acceptors (Lipinski definition) is 5. The molecule has 0 saturated heterocycles. The molecule has 0 aliphatic carbocycles. The third-order valence-corrected chi connectivity index (χ3v) is 2.75. The van der Waals surface area contributed by atoms with Gasteiger partial charge in [0.05, 0.1) is 0 Å². The quantitative estimate of drug-likeness (QED) is 0.700. The van der Waals surface area contributed by atoms with Gasteiger partial charge in [-0.05, 0) is 22.1 Å². The monoisotopic (exact) mass is 207 g/mol. The first-order chi connectivity index (χ1) is 6.86. The normalized spacial score (nSPS) is 10.4. The second-order valence-electron chi connectivity index (χ2n) is 2.74. The molecule has 0 atom stereocenters. The number of aryl methyl sites for hydroxylation is 1. The molecular formula is C8H9N5S. The second kappa shape index (κ2) is 4.19. The van der Waals surface area contributed by atoms with Crippen LogP contribution in [0.3, 0.4) is 0 Å². The molecule has 0 radical (unpaired) electrons. The average Bonchev–Trinajstić information content (AvgIpc) is 2.63. The molecule has 0 fully saturated rings. The molecule has 2 rings (SSSR count). The van der Waals surface area contributed by atoms with Crippen LogP contribution in [-0.4, -0.2) is 25.2 Å². The summed E-state index contributed by atoms with van der Waals surface area (Å²) in [4.78, 5) is 4.04. The molecule has 14 heavy (non-hydrogen) atoms. The Balaban J connectivity index is 1.99. The minimum Gasteiger partial charge on any atom is -0.264 e. The fourth-order valence-corrected chi connectivity index (χ4v) is 1.76. The summed E-state index contributed by atoms with van der Waals surface area (Å²) in [6.07, 6.45) is 3.61. The van der Waals surface area contributed by atoms with E-state index in [1.807, 2.05) is 25.4 Å². The topological polar surface area (TPSA) is 56.5 Å². The summed E-state index contributed by atoms with van der Waals surface area (Å²) in [7, 11) is 1.82. The lowest BCUT2D eigenvalue weighted by atomic mass is 10.3. The number of hydrogen-bond donors (Lipinski definition) is 0. The summed E-state index contributed by atoms with van der Waals surface area (Å²) in [6.45, 7) is 0. The van der Waals surface area contributed by atoms with E-state index in [-0.39, 0.29) is 0 Å². The summed E-state index contributed by atoms with van der Waals surface area (Å²) in [5, 5.41) is 12.0. The van der Waals surface area contributed by atoms with Gasteiger partial charge in [-0.1, -0.05) is 17.8 Å². The zero-order chi connectivity index (χ0) is 9.80. The second-order valence-corrected chi connectivity index (χ2v) is 3.68. The zero-order valence-corrected chi connectivity index (χ0v) is 8.48. The average molecular weight is 207 g/mol. The van der Waals surface area contributed by atoms with E-state index in [1.54, 1.807) is 22.6 Å². The Kier molecular flexibility index (Phi) is 2.73. The van der Waals surface area contributed by atoms with Crippen molar-refractivity contribution in [2.75, 3.05) is 0 Å². The van der Waals surface area contributed by atoms with Gasteiger partial charge in [-0.2, -0.15) is 0 Å². The fraction of sp³-hybridized carbons (Fsp3) is 0.250. The van der Waals surface area contributed by atoms with Crippen LogP contribution in [0.15, 0.2) is 29.7 Å². The highest BCUT2D eigenvalue weighted by Gasteiger charge is 2.02. The van der Waals surface area contributed by atoms with Gasteiger partial charge in [-0.3, -0.25) is 4.98 Å². The molecule has 0 spiro atoms. The van der Waals surface area contributed by atoms with Crippen LogP contribution in [0, 0.1) is 0 Å². The maximum absolute atomic E-state index is 4.04. The van der Waals surface area contributed by atoms with Crippen LogP contribution in [0.2, 0.25) is 0 Å². The van der Waals surface area contributed by atoms with Gasteiger partial charge in [0.25, 0.3) is 0 Å². The third-order valence-electron chi connectivity index (χ3n) is 1.67. The Bertz CT molecular complexity index is 399. The van der Waals surface area contributed by atoms with E-state index in [9.17, 15) is 0 Å². The van der Waals surface area contributed by atoms with Crippen molar-refractivity contribution in [3.8, 4) is 0 Å². The number of aromatic nitrogens is 5. The van der Waals surface area contributed by atoms with E-state index in [0.717, 1.165) is 10.9 Å². The lowest BCUT2D eigenvalue weighted by Crippen LogP contribution is -1.93. The minimum atomic E-state index is 0.814. The van der Waals surface area contributed by atoms with E-state index in [0.29, 0.717) is 0 Å². The van der Waals surface area contributed by atoms with Crippen molar-refractivity contribution >= 4 is 11.8 Å². The number of thioether (sulfide) groups is 1. The first kappa shape index (κ1) is 9.14. The molecule has 0 bridgehead atoms. The van der Waals surface area contributed by atoms with Crippen molar-refractivity contribution in [1.82, 2.24) is 25.2 Å². The van der Waals surface area contributed by atoms with Crippen LogP contribution in [-0.2, 0) is 12.8 Å². The highest BCUT2D eigenvalue weighted by molar-refractivity contribution is 7.98. The Morgan fingerprint density at radius 2 is 2.43 bits per heavy atom. The molecule has 0 saturated carbocycles. The molecule has 2 aromatic heterocycles. The lowest BCUT2D eigenvalue weighted by Gasteiger charge is -1.98. The van der Waals surface area contributed by atoms with Crippen LogP contribution in [0.5, 0.6) is 0 Å². The molecule has 6 heteroatoms. The molecule has 0 N–H and O–H groups in total. The smallest absolute Gasteiger partial charge is 0.209 e. The van der Waals surface area contributed by atoms with Crippen molar-refractivity contribution in [2.45, 2.75) is 10.9 Å². The summed E-state index contributed by atoms with van der Waals surface area (Å²) < 4.78 is 1.65. The number of tetrazole rings is 1. The van der Waals surface area contributed by atoms with Crippen molar-refractivity contribution in [3.05, 3.63) is 30.1 Å². The van der Waals surface area contributed by atoms with Crippen LogP contribution in [0.25, 0.3) is 0 Å². The Labute approximate surface area is 85.5 Å². The summed E-state index contributed by atoms with van der Waals surface area (Å²) in [5.41, 5.74) is 1.17. The van der Waals surface area contributed by atoms with Crippen molar-refractivity contribution in [2.24, 2.45) is 7.05 Å². The van der Waals surface area contributed by atoms with Gasteiger partial charge in [0.2, 0.25) is 5.16 Å². The predicted molar refractivity (Wildman–Crippen MR) is 52.6 cm³/mol. The summed E-state index contributed by atoms with van der Waals surface area (Å²) in [6, 6.07) is 3.95. The van der Waals surface area contributed by atoms with Gasteiger partial charge < -0.3 is 0 Å². The van der Waals surface area contributed by atoms with Gasteiger partial charge >= 0.3 is 0 Å². The van der Waals surface area contributed by atoms with Gasteiger partial charge in [-0.25, -0.2) is 4.68 Å². The van der Waals surface area contributed by atoms with Crippen molar-refractivity contribution < 1.29 is 0 Å². The van der Waals surface area contributed by atoms with E-state index in [2.05, 4.69) is 20.5 Å². The van der Waals surface area contributed by atoms with Gasteiger partial charge in [0.1, 0.15) is 0 Å². The van der Waals surface area contributed by atoms with Crippen LogP contribution >= 0.6 is 11.8 Å². The van der Waals surface area contributed by atoms with E-state index in [1.165, 1.54) is 5.56 Å². The van der Waals surface area contributed by atoms with E-state index < -0.39 is 0 Å². The number of rotatable bonds is 3. The predicted octanol–water partition coefficient (Wildman–Crippen LogP) is 0.897. The Morgan fingerprint density at radius 3 is 3.07 bits per heavy atom. The standard InChI is InChI=1S/C8H9N5S/c1-13-8(10-11-12-13)14-6-7-3-2-4-9-5-7/h2-5H,6H2,1H3. The zero-order valence-electron chi connectivity index (χ0n) is 7.66. The first-order valence-electron chi connectivity index (χ1n) is 4.10. The Hall–Kier alpha value is -1.43. The fourth-order valence-electron chi connectivity index (χ4n) is 0.975. The maximum atomic E-state index is 4.04. The van der Waals surface area contributed by atoms with Crippen LogP contribution in [0.1, 0.15) is 5.56 Å². The summed E-state index contributed by atoms with van der Waals surface area (Å²) >= 11 is 1.59. The molecule has 0 unspecified atom stereocenters. The maximum Gasteiger partial charge on any atom is 0.209 e. The minimum absolute atomic E-state index is 0.814. The molecule has 5 nitrogen and oxygen atoms in total. The van der Waals surface area contributed by atoms with Crippen LogP contribution < -0.4 is 0 Å². The van der Waals surface area contributed by atoms with Gasteiger partial charge in [-0.15, -0.1) is 5.10 Å². The molecule has 0 aliphatic heterocycles. The SMILES string of the molecule is Cn1nnnc1SCc1cccnc1. The molecule has 0 amide bonds. The first-order valence-corrected chi connectivity index (χ1v) is 5.09. The lowest BCUT2D eigenvalue weighted by molar-refractivity contribution is 0.664. The van der Waals surface area contributed by atoms with Gasteiger partial charge in [0.15, 0.2) is 0 Å². The highest BCUT2D eigenvalue weighted by Crippen LogP contribution is 2.17. The molecule has 0 aromatic carbocycles. The molecule has 2 heterocycles. The largest absolute Gasteiger partial charge is 0.264 e. The van der Waals surface area contributed by atoms with Crippen LogP contribution in [0.4, 0.5) is 0 Å². The van der Waals surface area contributed by atoms with Crippen molar-refractivity contribution in [3.63, 3.8) is 0 Å². The summed E-state index contributed by atoms with van der Waals surface area (Å²) in [5.74, 6) is 0.835. The number of nitrogens with zero attached hydrogens (tertiary/aromatic N) is 5. The molecule has 0 aliphatic rings. The molecular weight excluding hydrogens is 198 g/mol. The Morgan fingerprint density at radius 1 is 1.50 bits per heavy atom. The van der Waals surface area contributed by atoms with E-state index >= 15 is 0 Å².